The summed E-state index contributed by atoms with van der Waals surface area (Å²) in [5, 5.41) is 13.3. The highest BCUT2D eigenvalue weighted by Crippen LogP contribution is 2.47. The molecule has 2 N–H and O–H groups in total. The monoisotopic (exact) mass is 357 g/mol. The molecular weight excluding hydrogens is 338 g/mol. The van der Waals surface area contributed by atoms with E-state index in [9.17, 15) is 9.90 Å². The van der Waals surface area contributed by atoms with E-state index in [1.807, 2.05) is 31.3 Å². The average Bonchev–Trinajstić information content (AvgIpc) is 2.60. The lowest BCUT2D eigenvalue weighted by Gasteiger charge is -2.58. The Hall–Kier alpha value is -2.24. The van der Waals surface area contributed by atoms with Crippen molar-refractivity contribution in [3.63, 3.8) is 0 Å². The molecule has 25 heavy (non-hydrogen) atoms. The van der Waals surface area contributed by atoms with Crippen LogP contribution in [0.2, 0.25) is 5.02 Å². The standard InChI is InChI=1S/C19H20ClN3O2/c1-22-10-16-18(12-6-2-5-9-15(12)22)17(11-24)23(16)19(25)21-14-8-4-3-7-13(14)20/h2-9,16-18,24H,10-11H2,1H3,(H,21,25)/t16-,17+,18+/m0/s1. The predicted octanol–water partition coefficient (Wildman–Crippen LogP) is 3.15. The zero-order chi connectivity index (χ0) is 17.6. The summed E-state index contributed by atoms with van der Waals surface area (Å²) in [7, 11) is 2.03. The van der Waals surface area contributed by atoms with Crippen LogP contribution in [0.3, 0.4) is 0 Å². The van der Waals surface area contributed by atoms with Crippen LogP contribution in [0.15, 0.2) is 48.5 Å². The molecule has 0 aromatic heterocycles. The zero-order valence-corrected chi connectivity index (χ0v) is 14.6. The Morgan fingerprint density at radius 3 is 2.72 bits per heavy atom. The number of carbonyl (C=O) groups excluding carboxylic acids is 1. The number of amides is 2. The molecule has 0 unspecified atom stereocenters. The van der Waals surface area contributed by atoms with Gasteiger partial charge in [0.25, 0.3) is 0 Å². The summed E-state index contributed by atoms with van der Waals surface area (Å²) < 4.78 is 0. The highest BCUT2D eigenvalue weighted by Gasteiger charge is 2.54. The molecule has 0 saturated carbocycles. The summed E-state index contributed by atoms with van der Waals surface area (Å²) in [6.45, 7) is 0.684. The number of hydrogen-bond acceptors (Lipinski definition) is 3. The van der Waals surface area contributed by atoms with E-state index in [0.717, 1.165) is 6.54 Å². The maximum atomic E-state index is 12.8. The van der Waals surface area contributed by atoms with E-state index in [1.54, 1.807) is 17.0 Å². The van der Waals surface area contributed by atoms with Crippen LogP contribution >= 0.6 is 11.6 Å². The lowest BCUT2D eigenvalue weighted by Crippen LogP contribution is -2.70. The van der Waals surface area contributed by atoms with Gasteiger partial charge in [-0.05, 0) is 23.8 Å². The number of nitrogens with zero attached hydrogens (tertiary/aromatic N) is 2. The quantitative estimate of drug-likeness (QED) is 0.868. The fraction of sp³-hybridized carbons (Fsp3) is 0.316. The van der Waals surface area contributed by atoms with E-state index in [2.05, 4.69) is 22.3 Å². The second-order valence-electron chi connectivity index (χ2n) is 6.60. The molecule has 2 amide bonds. The first-order valence-electron chi connectivity index (χ1n) is 8.36. The fourth-order valence-corrected chi connectivity index (χ4v) is 4.29. The Kier molecular flexibility index (Phi) is 4.06. The van der Waals surface area contributed by atoms with Gasteiger partial charge in [0.15, 0.2) is 0 Å². The number of aliphatic hydroxyl groups is 1. The van der Waals surface area contributed by atoms with E-state index in [0.29, 0.717) is 10.7 Å². The van der Waals surface area contributed by atoms with Crippen LogP contribution in [-0.2, 0) is 0 Å². The van der Waals surface area contributed by atoms with Crippen molar-refractivity contribution in [2.75, 3.05) is 30.4 Å². The van der Waals surface area contributed by atoms with Crippen LogP contribution in [0.25, 0.3) is 0 Å². The van der Waals surface area contributed by atoms with Crippen molar-refractivity contribution in [2.45, 2.75) is 18.0 Å². The largest absolute Gasteiger partial charge is 0.394 e. The number of carbonyl (C=O) groups is 1. The van der Waals surface area contributed by atoms with Crippen molar-refractivity contribution in [2.24, 2.45) is 0 Å². The SMILES string of the molecule is CN1C[C@H]2[C@@H](c3ccccc31)[C@@H](CO)N2C(=O)Nc1ccccc1Cl. The third-order valence-corrected chi connectivity index (χ3v) is 5.58. The number of fused-ring (bicyclic) bond motifs is 3. The summed E-state index contributed by atoms with van der Waals surface area (Å²) in [5.41, 5.74) is 2.95. The van der Waals surface area contributed by atoms with Crippen molar-refractivity contribution in [3.05, 3.63) is 59.1 Å². The minimum Gasteiger partial charge on any atom is -0.394 e. The van der Waals surface area contributed by atoms with Crippen LogP contribution in [0.1, 0.15) is 11.5 Å². The van der Waals surface area contributed by atoms with Gasteiger partial charge in [-0.15, -0.1) is 0 Å². The van der Waals surface area contributed by atoms with Gasteiger partial charge < -0.3 is 20.2 Å². The molecule has 0 radical (unpaired) electrons. The Balaban J connectivity index is 1.60. The highest BCUT2D eigenvalue weighted by molar-refractivity contribution is 6.33. The molecular formula is C19H20ClN3O2. The van der Waals surface area contributed by atoms with E-state index >= 15 is 0 Å². The fourth-order valence-electron chi connectivity index (χ4n) is 4.10. The summed E-state index contributed by atoms with van der Waals surface area (Å²) in [4.78, 5) is 16.7. The topological polar surface area (TPSA) is 55.8 Å². The zero-order valence-electron chi connectivity index (χ0n) is 13.9. The lowest BCUT2D eigenvalue weighted by atomic mass is 9.72. The Morgan fingerprint density at radius 2 is 1.96 bits per heavy atom. The van der Waals surface area contributed by atoms with Gasteiger partial charge in [0.1, 0.15) is 0 Å². The van der Waals surface area contributed by atoms with Crippen LogP contribution in [-0.4, -0.2) is 48.3 Å². The molecule has 2 aromatic carbocycles. The third-order valence-electron chi connectivity index (χ3n) is 5.25. The van der Waals surface area contributed by atoms with Crippen molar-refractivity contribution in [3.8, 4) is 0 Å². The first-order valence-corrected chi connectivity index (χ1v) is 8.74. The molecule has 2 heterocycles. The highest BCUT2D eigenvalue weighted by atomic mass is 35.5. The second-order valence-corrected chi connectivity index (χ2v) is 7.01. The molecule has 4 rings (SSSR count). The normalized spacial score (nSPS) is 24.2. The van der Waals surface area contributed by atoms with Gasteiger partial charge in [0.2, 0.25) is 0 Å². The summed E-state index contributed by atoms with van der Waals surface area (Å²) in [6, 6.07) is 15.0. The number of anilines is 2. The van der Waals surface area contributed by atoms with Crippen LogP contribution in [0.5, 0.6) is 0 Å². The molecule has 1 saturated heterocycles. The molecule has 6 heteroatoms. The predicted molar refractivity (Wildman–Crippen MR) is 99.4 cm³/mol. The lowest BCUT2D eigenvalue weighted by molar-refractivity contribution is -0.00226. The minimum absolute atomic E-state index is 0.0412. The first kappa shape index (κ1) is 16.2. The number of benzene rings is 2. The van der Waals surface area contributed by atoms with Gasteiger partial charge in [0.05, 0.1) is 29.4 Å². The van der Waals surface area contributed by atoms with Crippen molar-refractivity contribution in [1.29, 1.82) is 0 Å². The summed E-state index contributed by atoms with van der Waals surface area (Å²) in [6.07, 6.45) is 0. The van der Waals surface area contributed by atoms with Crippen molar-refractivity contribution < 1.29 is 9.90 Å². The number of para-hydroxylation sites is 2. The smallest absolute Gasteiger partial charge is 0.322 e. The maximum absolute atomic E-state index is 12.8. The third kappa shape index (κ3) is 2.55. The molecule has 0 bridgehead atoms. The summed E-state index contributed by atoms with van der Waals surface area (Å²) in [5.74, 6) is 0.161. The van der Waals surface area contributed by atoms with E-state index in [-0.39, 0.29) is 30.6 Å². The Labute approximate surface area is 151 Å². The van der Waals surface area contributed by atoms with Crippen molar-refractivity contribution >= 4 is 29.0 Å². The number of hydrogen-bond donors (Lipinski definition) is 2. The van der Waals surface area contributed by atoms with Gasteiger partial charge in [-0.25, -0.2) is 4.79 Å². The number of rotatable bonds is 2. The number of aliphatic hydroxyl groups excluding tert-OH is 1. The second kappa shape index (κ2) is 6.24. The van der Waals surface area contributed by atoms with Gasteiger partial charge in [-0.2, -0.15) is 0 Å². The Morgan fingerprint density at radius 1 is 1.24 bits per heavy atom. The molecule has 0 aliphatic carbocycles. The van der Waals surface area contributed by atoms with Gasteiger partial charge >= 0.3 is 6.03 Å². The molecule has 5 nitrogen and oxygen atoms in total. The average molecular weight is 358 g/mol. The number of likely N-dealkylation sites (N-methyl/N-ethyl adjacent to an activating group) is 1. The molecule has 0 spiro atoms. The first-order chi connectivity index (χ1) is 12.1. The summed E-state index contributed by atoms with van der Waals surface area (Å²) >= 11 is 6.14. The number of urea groups is 1. The van der Waals surface area contributed by atoms with E-state index in [1.165, 1.54) is 11.3 Å². The number of likely N-dealkylation sites (tertiary alicyclic amines) is 1. The van der Waals surface area contributed by atoms with Crippen LogP contribution in [0, 0.1) is 0 Å². The van der Waals surface area contributed by atoms with Gasteiger partial charge in [-0.1, -0.05) is 41.9 Å². The van der Waals surface area contributed by atoms with Gasteiger partial charge in [0, 0.05) is 25.2 Å². The molecule has 1 fully saturated rings. The van der Waals surface area contributed by atoms with E-state index < -0.39 is 0 Å². The molecule has 3 atom stereocenters. The molecule has 130 valence electrons. The molecule has 2 aromatic rings. The van der Waals surface area contributed by atoms with Gasteiger partial charge in [-0.3, -0.25) is 0 Å². The number of halogens is 1. The maximum Gasteiger partial charge on any atom is 0.322 e. The van der Waals surface area contributed by atoms with Crippen LogP contribution in [0.4, 0.5) is 16.2 Å². The van der Waals surface area contributed by atoms with E-state index in [4.69, 9.17) is 11.6 Å². The molecule has 2 aliphatic heterocycles. The Bertz CT molecular complexity index is 813. The van der Waals surface area contributed by atoms with Crippen LogP contribution < -0.4 is 10.2 Å². The molecule has 2 aliphatic rings. The minimum atomic E-state index is -0.221. The van der Waals surface area contributed by atoms with Crippen molar-refractivity contribution in [1.82, 2.24) is 4.90 Å². The number of nitrogens with one attached hydrogen (secondary N) is 1.